The predicted molar refractivity (Wildman–Crippen MR) is 105 cm³/mol. The Morgan fingerprint density at radius 1 is 1.19 bits per heavy atom. The Labute approximate surface area is 160 Å². The van der Waals surface area contributed by atoms with E-state index >= 15 is 0 Å². The van der Waals surface area contributed by atoms with Crippen molar-refractivity contribution < 1.29 is 14.4 Å². The molecule has 6 nitrogen and oxygen atoms in total. The highest BCUT2D eigenvalue weighted by atomic mass is 16.2. The molecule has 0 aromatic heterocycles. The first-order valence-corrected chi connectivity index (χ1v) is 9.62. The van der Waals surface area contributed by atoms with E-state index < -0.39 is 12.1 Å². The number of carbonyl (C=O) groups is 3. The molecule has 2 saturated heterocycles. The number of likely N-dealkylation sites (tertiary alicyclic amines) is 1. The zero-order valence-electron chi connectivity index (χ0n) is 16.8. The lowest BCUT2D eigenvalue weighted by atomic mass is 9.91. The summed E-state index contributed by atoms with van der Waals surface area (Å²) in [4.78, 5) is 41.3. The molecule has 146 valence electrons. The fraction of sp³-hybridized carbons (Fsp3) is 0.571. The van der Waals surface area contributed by atoms with Crippen molar-refractivity contribution >= 4 is 23.5 Å². The van der Waals surface area contributed by atoms with Crippen molar-refractivity contribution in [3.63, 3.8) is 0 Å². The minimum atomic E-state index is -0.623. The molecule has 3 rings (SSSR count). The van der Waals surface area contributed by atoms with E-state index in [2.05, 4.69) is 19.2 Å². The largest absolute Gasteiger partial charge is 0.332 e. The van der Waals surface area contributed by atoms with E-state index in [-0.39, 0.29) is 23.3 Å². The number of urea groups is 1. The molecule has 0 radical (unpaired) electrons. The second kappa shape index (κ2) is 6.98. The van der Waals surface area contributed by atoms with E-state index in [1.807, 2.05) is 32.9 Å². The highest BCUT2D eigenvalue weighted by Gasteiger charge is 2.50. The first-order chi connectivity index (χ1) is 12.6. The normalized spacial score (nSPS) is 22.9. The zero-order valence-corrected chi connectivity index (χ0v) is 16.8. The van der Waals surface area contributed by atoms with Gasteiger partial charge in [0, 0.05) is 13.0 Å². The van der Waals surface area contributed by atoms with Gasteiger partial charge in [-0.1, -0.05) is 46.8 Å². The van der Waals surface area contributed by atoms with Crippen LogP contribution in [0.5, 0.6) is 0 Å². The molecule has 0 saturated carbocycles. The van der Waals surface area contributed by atoms with E-state index in [4.69, 9.17) is 0 Å². The molecule has 6 heteroatoms. The van der Waals surface area contributed by atoms with Crippen LogP contribution in [0.3, 0.4) is 0 Å². The minimum absolute atomic E-state index is 0.0328. The summed E-state index contributed by atoms with van der Waals surface area (Å²) in [6.45, 7) is 10.7. The molecule has 2 fully saturated rings. The number of nitrogens with zero attached hydrogens (tertiary/aromatic N) is 2. The topological polar surface area (TPSA) is 69.7 Å². The summed E-state index contributed by atoms with van der Waals surface area (Å²) in [6.07, 6.45) is 0.985. The Bertz CT molecular complexity index is 749. The Hall–Kier alpha value is -2.37. The van der Waals surface area contributed by atoms with E-state index in [1.54, 1.807) is 17.0 Å². The number of carbonyl (C=O) groups excluding carboxylic acids is 3. The van der Waals surface area contributed by atoms with Crippen LogP contribution in [0.1, 0.15) is 58.9 Å². The lowest BCUT2D eigenvalue weighted by molar-refractivity contribution is -0.139. The minimum Gasteiger partial charge on any atom is -0.332 e. The molecule has 0 bridgehead atoms. The fourth-order valence-corrected chi connectivity index (χ4v) is 3.79. The summed E-state index contributed by atoms with van der Waals surface area (Å²) in [7, 11) is 0. The Morgan fingerprint density at radius 3 is 2.37 bits per heavy atom. The smallest absolute Gasteiger partial charge is 0.329 e. The van der Waals surface area contributed by atoms with E-state index in [9.17, 15) is 14.4 Å². The van der Waals surface area contributed by atoms with Gasteiger partial charge in [0.1, 0.15) is 6.04 Å². The third-order valence-electron chi connectivity index (χ3n) is 5.20. The van der Waals surface area contributed by atoms with Gasteiger partial charge in [-0.25, -0.2) is 9.69 Å². The van der Waals surface area contributed by atoms with Crippen molar-refractivity contribution in [2.45, 2.75) is 65.5 Å². The van der Waals surface area contributed by atoms with Gasteiger partial charge in [0.2, 0.25) is 5.91 Å². The number of benzene rings is 1. The number of hydrogen-bond acceptors (Lipinski definition) is 3. The van der Waals surface area contributed by atoms with Crippen molar-refractivity contribution in [3.05, 3.63) is 29.8 Å². The number of imide groups is 1. The van der Waals surface area contributed by atoms with Crippen LogP contribution in [-0.4, -0.2) is 41.4 Å². The quantitative estimate of drug-likeness (QED) is 0.886. The maximum absolute atomic E-state index is 13.2. The number of anilines is 1. The molecule has 0 spiro atoms. The molecule has 4 amide bonds. The third-order valence-corrected chi connectivity index (χ3v) is 5.20. The summed E-state index contributed by atoms with van der Waals surface area (Å²) in [5.41, 5.74) is 1.53. The molecular weight excluding hydrogens is 342 g/mol. The van der Waals surface area contributed by atoms with Crippen molar-refractivity contribution in [2.75, 3.05) is 11.4 Å². The van der Waals surface area contributed by atoms with Crippen molar-refractivity contribution in [2.24, 2.45) is 5.41 Å². The SMILES string of the molecule is CC(C)c1ccc(N2C(=O)N[C@@H]3CCN(C(=O)CC(C)(C)C)[C@H]3C2=O)cc1. The van der Waals surface area contributed by atoms with Gasteiger partial charge in [-0.05, 0) is 35.4 Å². The van der Waals surface area contributed by atoms with Crippen LogP contribution < -0.4 is 10.2 Å². The zero-order chi connectivity index (χ0) is 19.9. The van der Waals surface area contributed by atoms with Gasteiger partial charge in [-0.2, -0.15) is 0 Å². The Kier molecular flexibility index (Phi) is 5.02. The van der Waals surface area contributed by atoms with Gasteiger partial charge in [0.05, 0.1) is 11.7 Å². The van der Waals surface area contributed by atoms with Gasteiger partial charge in [0.15, 0.2) is 0 Å². The first kappa shape index (κ1) is 19.4. The van der Waals surface area contributed by atoms with Gasteiger partial charge in [0.25, 0.3) is 5.91 Å². The Balaban J connectivity index is 1.85. The molecule has 1 aromatic carbocycles. The van der Waals surface area contributed by atoms with Gasteiger partial charge < -0.3 is 10.2 Å². The standard InChI is InChI=1S/C21H29N3O3/c1-13(2)14-6-8-15(9-7-14)24-19(26)18-16(22-20(24)27)10-11-23(18)17(25)12-21(3,4)5/h6-9,13,16,18H,10-12H2,1-5H3,(H,22,27)/t16-,18-/m1/s1. The molecule has 2 aliphatic heterocycles. The molecule has 0 unspecified atom stereocenters. The summed E-state index contributed by atoms with van der Waals surface area (Å²) < 4.78 is 0. The van der Waals surface area contributed by atoms with Crippen molar-refractivity contribution in [1.29, 1.82) is 0 Å². The fourth-order valence-electron chi connectivity index (χ4n) is 3.79. The molecular formula is C21H29N3O3. The van der Waals surface area contributed by atoms with Crippen LogP contribution in [-0.2, 0) is 9.59 Å². The van der Waals surface area contributed by atoms with E-state index in [0.29, 0.717) is 31.0 Å². The van der Waals surface area contributed by atoms with Crippen LogP contribution in [0.4, 0.5) is 10.5 Å². The Morgan fingerprint density at radius 2 is 1.81 bits per heavy atom. The van der Waals surface area contributed by atoms with Crippen LogP contribution in [0.25, 0.3) is 0 Å². The van der Waals surface area contributed by atoms with Gasteiger partial charge in [-0.3, -0.25) is 9.59 Å². The number of amides is 4. The van der Waals surface area contributed by atoms with Crippen LogP contribution in [0.2, 0.25) is 0 Å². The van der Waals surface area contributed by atoms with E-state index in [1.165, 1.54) is 4.90 Å². The number of nitrogens with one attached hydrogen (secondary N) is 1. The molecule has 27 heavy (non-hydrogen) atoms. The summed E-state index contributed by atoms with van der Waals surface area (Å²) in [6, 6.07) is 6.12. The monoisotopic (exact) mass is 371 g/mol. The van der Waals surface area contributed by atoms with Crippen LogP contribution in [0.15, 0.2) is 24.3 Å². The molecule has 2 heterocycles. The average molecular weight is 371 g/mol. The number of rotatable bonds is 3. The maximum Gasteiger partial charge on any atom is 0.329 e. The summed E-state index contributed by atoms with van der Waals surface area (Å²) in [5.74, 6) is 0.0186. The first-order valence-electron chi connectivity index (χ1n) is 9.62. The number of fused-ring (bicyclic) bond motifs is 1. The molecule has 2 atom stereocenters. The number of hydrogen-bond donors (Lipinski definition) is 1. The van der Waals surface area contributed by atoms with Crippen molar-refractivity contribution in [1.82, 2.24) is 10.2 Å². The molecule has 1 N–H and O–H groups in total. The molecule has 1 aromatic rings. The van der Waals surface area contributed by atoms with E-state index in [0.717, 1.165) is 5.56 Å². The third kappa shape index (κ3) is 3.84. The van der Waals surface area contributed by atoms with Crippen molar-refractivity contribution in [3.8, 4) is 0 Å². The lowest BCUT2D eigenvalue weighted by Crippen LogP contribution is -2.65. The summed E-state index contributed by atoms with van der Waals surface area (Å²) >= 11 is 0. The summed E-state index contributed by atoms with van der Waals surface area (Å²) in [5, 5.41) is 2.91. The molecule has 2 aliphatic rings. The maximum atomic E-state index is 13.2. The van der Waals surface area contributed by atoms with Crippen LogP contribution >= 0.6 is 0 Å². The lowest BCUT2D eigenvalue weighted by Gasteiger charge is -2.37. The second-order valence-corrected chi connectivity index (χ2v) is 9.03. The predicted octanol–water partition coefficient (Wildman–Crippen LogP) is 3.27. The van der Waals surface area contributed by atoms with Crippen LogP contribution in [0, 0.1) is 5.41 Å². The van der Waals surface area contributed by atoms with Gasteiger partial charge in [-0.15, -0.1) is 0 Å². The highest BCUT2D eigenvalue weighted by molar-refractivity contribution is 6.19. The highest BCUT2D eigenvalue weighted by Crippen LogP contribution is 2.30. The average Bonchev–Trinajstić information content (AvgIpc) is 2.98. The molecule has 0 aliphatic carbocycles. The second-order valence-electron chi connectivity index (χ2n) is 9.03. The van der Waals surface area contributed by atoms with Gasteiger partial charge >= 0.3 is 6.03 Å².